The van der Waals surface area contributed by atoms with Crippen LogP contribution < -0.4 is 5.73 Å². The molecular weight excluding hydrogens is 369 g/mol. The van der Waals surface area contributed by atoms with Gasteiger partial charge in [0.2, 0.25) is 0 Å². The van der Waals surface area contributed by atoms with Crippen molar-refractivity contribution < 1.29 is 0 Å². The van der Waals surface area contributed by atoms with Crippen molar-refractivity contribution in [3.63, 3.8) is 0 Å². The van der Waals surface area contributed by atoms with Crippen LogP contribution in [0, 0.1) is 0 Å². The molecule has 0 aliphatic rings. The van der Waals surface area contributed by atoms with Gasteiger partial charge in [-0.25, -0.2) is 0 Å². The molecule has 0 spiro atoms. The summed E-state index contributed by atoms with van der Waals surface area (Å²) in [6, 6.07) is 5.32. The van der Waals surface area contributed by atoms with Gasteiger partial charge in [0.25, 0.3) is 0 Å². The van der Waals surface area contributed by atoms with Crippen LogP contribution in [-0.4, -0.2) is 9.78 Å². The van der Waals surface area contributed by atoms with E-state index < -0.39 is 0 Å². The van der Waals surface area contributed by atoms with Crippen molar-refractivity contribution in [3.05, 3.63) is 49.6 Å². The second-order valence-electron chi connectivity index (χ2n) is 3.64. The first-order valence-electron chi connectivity index (χ1n) is 4.88. The normalized spacial score (nSPS) is 12.8. The summed E-state index contributed by atoms with van der Waals surface area (Å²) in [6.45, 7) is 0. The average molecular weight is 379 g/mol. The van der Waals surface area contributed by atoms with Gasteiger partial charge in [-0.2, -0.15) is 5.10 Å². The molecule has 0 amide bonds. The van der Waals surface area contributed by atoms with Crippen LogP contribution in [0.15, 0.2) is 33.3 Å². The second-order valence-corrected chi connectivity index (χ2v) is 5.82. The molecule has 2 aromatic rings. The lowest BCUT2D eigenvalue weighted by molar-refractivity contribution is 0.671. The summed E-state index contributed by atoms with van der Waals surface area (Å²) in [5.41, 5.74) is 8.00. The predicted molar refractivity (Wildman–Crippen MR) is 76.1 cm³/mol. The molecule has 2 rings (SSSR count). The van der Waals surface area contributed by atoms with Crippen molar-refractivity contribution in [3.8, 4) is 0 Å². The molecule has 0 radical (unpaired) electrons. The van der Waals surface area contributed by atoms with Gasteiger partial charge in [0.1, 0.15) is 0 Å². The van der Waals surface area contributed by atoms with E-state index >= 15 is 0 Å². The maximum absolute atomic E-state index is 6.24. The van der Waals surface area contributed by atoms with E-state index in [-0.39, 0.29) is 6.04 Å². The summed E-state index contributed by atoms with van der Waals surface area (Å²) in [5.74, 6) is 0. The Balaban J connectivity index is 2.50. The molecule has 2 N–H and O–H groups in total. The Hall–Kier alpha value is -0.360. The zero-order valence-corrected chi connectivity index (χ0v) is 12.9. The second kappa shape index (κ2) is 5.10. The molecule has 0 aliphatic carbocycles. The molecule has 6 heteroatoms. The lowest BCUT2D eigenvalue weighted by Gasteiger charge is -2.15. The third kappa shape index (κ3) is 2.57. The summed E-state index contributed by atoms with van der Waals surface area (Å²) in [6.07, 6.45) is 1.72. The number of nitrogens with two attached hydrogens (primary N) is 1. The van der Waals surface area contributed by atoms with Crippen LogP contribution in [0.5, 0.6) is 0 Å². The van der Waals surface area contributed by atoms with E-state index in [9.17, 15) is 0 Å². The number of aryl methyl sites for hydroxylation is 1. The molecule has 90 valence electrons. The van der Waals surface area contributed by atoms with Gasteiger partial charge >= 0.3 is 0 Å². The molecule has 1 heterocycles. The largest absolute Gasteiger partial charge is 0.319 e. The Morgan fingerprint density at radius 3 is 2.71 bits per heavy atom. The van der Waals surface area contributed by atoms with Gasteiger partial charge in [0, 0.05) is 16.5 Å². The molecule has 1 aromatic carbocycles. The lowest BCUT2D eigenvalue weighted by atomic mass is 10.0. The highest BCUT2D eigenvalue weighted by Crippen LogP contribution is 2.32. The summed E-state index contributed by atoms with van der Waals surface area (Å²) in [4.78, 5) is 0. The standard InChI is InChI=1S/C11H10Br2ClN3/c1-17-11(8(13)5-16-17)10(15)7-4-6(12)2-3-9(7)14/h2-5,10H,15H2,1H3. The van der Waals surface area contributed by atoms with Crippen LogP contribution in [0.25, 0.3) is 0 Å². The van der Waals surface area contributed by atoms with E-state index in [0.29, 0.717) is 5.02 Å². The Kier molecular flexibility index (Phi) is 3.92. The first kappa shape index (κ1) is 13.1. The lowest BCUT2D eigenvalue weighted by Crippen LogP contribution is -2.17. The van der Waals surface area contributed by atoms with Crippen molar-refractivity contribution in [1.29, 1.82) is 0 Å². The molecule has 0 saturated heterocycles. The summed E-state index contributed by atoms with van der Waals surface area (Å²) >= 11 is 13.0. The van der Waals surface area contributed by atoms with Gasteiger partial charge in [-0.3, -0.25) is 4.68 Å². The number of hydrogen-bond donors (Lipinski definition) is 1. The number of aromatic nitrogens is 2. The fourth-order valence-electron chi connectivity index (χ4n) is 1.67. The molecule has 17 heavy (non-hydrogen) atoms. The van der Waals surface area contributed by atoms with Crippen LogP contribution in [0.2, 0.25) is 5.02 Å². The van der Waals surface area contributed by atoms with E-state index in [1.165, 1.54) is 0 Å². The molecule has 1 aromatic heterocycles. The van der Waals surface area contributed by atoms with E-state index in [2.05, 4.69) is 37.0 Å². The number of nitrogens with zero attached hydrogens (tertiary/aromatic N) is 2. The first-order chi connectivity index (χ1) is 8.00. The minimum Gasteiger partial charge on any atom is -0.319 e. The molecule has 3 nitrogen and oxygen atoms in total. The fourth-order valence-corrected chi connectivity index (χ4v) is 2.88. The Morgan fingerprint density at radius 2 is 2.12 bits per heavy atom. The van der Waals surface area contributed by atoms with Crippen molar-refractivity contribution in [2.24, 2.45) is 12.8 Å². The number of halogens is 3. The third-order valence-corrected chi connectivity index (χ3v) is 3.97. The van der Waals surface area contributed by atoms with Crippen LogP contribution in [-0.2, 0) is 7.05 Å². The fraction of sp³-hybridized carbons (Fsp3) is 0.182. The summed E-state index contributed by atoms with van der Waals surface area (Å²) in [7, 11) is 1.85. The number of benzene rings is 1. The van der Waals surface area contributed by atoms with Crippen molar-refractivity contribution in [1.82, 2.24) is 9.78 Å². The van der Waals surface area contributed by atoms with E-state index in [4.69, 9.17) is 17.3 Å². The maximum Gasteiger partial charge on any atom is 0.0749 e. The van der Waals surface area contributed by atoms with Gasteiger partial charge in [0.05, 0.1) is 22.4 Å². The highest BCUT2D eigenvalue weighted by atomic mass is 79.9. The minimum atomic E-state index is -0.318. The monoisotopic (exact) mass is 377 g/mol. The van der Waals surface area contributed by atoms with Crippen LogP contribution in [0.4, 0.5) is 0 Å². The Bertz CT molecular complexity index is 534. The van der Waals surface area contributed by atoms with Gasteiger partial charge in [-0.05, 0) is 39.7 Å². The van der Waals surface area contributed by atoms with Crippen LogP contribution >= 0.6 is 43.5 Å². The SMILES string of the molecule is Cn1ncc(Br)c1C(N)c1cc(Br)ccc1Cl. The van der Waals surface area contributed by atoms with E-state index in [1.807, 2.05) is 25.2 Å². The summed E-state index contributed by atoms with van der Waals surface area (Å²) < 4.78 is 3.57. The van der Waals surface area contributed by atoms with Gasteiger partial charge in [-0.15, -0.1) is 0 Å². The van der Waals surface area contributed by atoms with Crippen molar-refractivity contribution in [2.75, 3.05) is 0 Å². The quantitative estimate of drug-likeness (QED) is 0.866. The highest BCUT2D eigenvalue weighted by Gasteiger charge is 2.19. The number of hydrogen-bond acceptors (Lipinski definition) is 2. The summed E-state index contributed by atoms with van der Waals surface area (Å²) in [5, 5.41) is 4.80. The van der Waals surface area contributed by atoms with Gasteiger partial charge < -0.3 is 5.73 Å². The van der Waals surface area contributed by atoms with Crippen LogP contribution in [0.1, 0.15) is 17.3 Å². The Labute approximate surface area is 121 Å². The van der Waals surface area contributed by atoms with E-state index in [0.717, 1.165) is 20.2 Å². The predicted octanol–water partition coefficient (Wildman–Crippen LogP) is 3.65. The Morgan fingerprint density at radius 1 is 1.41 bits per heavy atom. The molecule has 0 aliphatic heterocycles. The first-order valence-corrected chi connectivity index (χ1v) is 6.85. The average Bonchev–Trinajstić information content (AvgIpc) is 2.61. The highest BCUT2D eigenvalue weighted by molar-refractivity contribution is 9.10. The molecule has 0 bridgehead atoms. The third-order valence-electron chi connectivity index (χ3n) is 2.53. The number of rotatable bonds is 2. The molecule has 0 fully saturated rings. The molecule has 1 atom stereocenters. The molecular formula is C11H10Br2ClN3. The van der Waals surface area contributed by atoms with Crippen molar-refractivity contribution >= 4 is 43.5 Å². The van der Waals surface area contributed by atoms with Gasteiger partial charge in [-0.1, -0.05) is 27.5 Å². The minimum absolute atomic E-state index is 0.318. The van der Waals surface area contributed by atoms with Crippen LogP contribution in [0.3, 0.4) is 0 Å². The zero-order valence-electron chi connectivity index (χ0n) is 8.99. The molecule has 0 saturated carbocycles. The van der Waals surface area contributed by atoms with Crippen molar-refractivity contribution in [2.45, 2.75) is 6.04 Å². The maximum atomic E-state index is 6.24. The smallest absolute Gasteiger partial charge is 0.0749 e. The zero-order chi connectivity index (χ0) is 12.6. The topological polar surface area (TPSA) is 43.8 Å². The van der Waals surface area contributed by atoms with Gasteiger partial charge in [0.15, 0.2) is 0 Å². The molecule has 1 unspecified atom stereocenters. The van der Waals surface area contributed by atoms with E-state index in [1.54, 1.807) is 10.9 Å².